The van der Waals surface area contributed by atoms with E-state index in [1.807, 2.05) is 18.2 Å². The van der Waals surface area contributed by atoms with Gasteiger partial charge in [-0.15, -0.1) is 0 Å². The summed E-state index contributed by atoms with van der Waals surface area (Å²) in [6, 6.07) is 14.3. The van der Waals surface area contributed by atoms with Crippen LogP contribution in [-0.2, 0) is 12.8 Å². The van der Waals surface area contributed by atoms with Gasteiger partial charge in [0.2, 0.25) is 5.91 Å². The molecule has 0 aliphatic heterocycles. The van der Waals surface area contributed by atoms with Crippen LogP contribution in [0, 0.1) is 0 Å². The maximum atomic E-state index is 11.5. The van der Waals surface area contributed by atoms with Crippen LogP contribution >= 0.6 is 0 Å². The number of carbonyl (C=O) groups excluding carboxylic acids is 1. The predicted molar refractivity (Wildman–Crippen MR) is 72.4 cm³/mol. The molecule has 0 atom stereocenters. The van der Waals surface area contributed by atoms with Gasteiger partial charge in [0.1, 0.15) is 0 Å². The molecule has 2 aromatic carbocycles. The number of rotatable bonds is 1. The Morgan fingerprint density at radius 3 is 2.56 bits per heavy atom. The van der Waals surface area contributed by atoms with Gasteiger partial charge in [-0.1, -0.05) is 36.4 Å². The highest BCUT2D eigenvalue weighted by atomic mass is 16.1. The molecule has 0 spiro atoms. The quantitative estimate of drug-likeness (QED) is 0.814. The summed E-state index contributed by atoms with van der Waals surface area (Å²) < 4.78 is 0. The molecule has 1 aliphatic rings. The van der Waals surface area contributed by atoms with E-state index in [0.717, 1.165) is 24.8 Å². The van der Waals surface area contributed by atoms with Gasteiger partial charge in [0.05, 0.1) is 0 Å². The van der Waals surface area contributed by atoms with Crippen LogP contribution in [0.1, 0.15) is 27.9 Å². The molecule has 3 rings (SSSR count). The van der Waals surface area contributed by atoms with Crippen LogP contribution in [0.2, 0.25) is 0 Å². The maximum absolute atomic E-state index is 11.5. The van der Waals surface area contributed by atoms with Gasteiger partial charge in [0.25, 0.3) is 0 Å². The highest BCUT2D eigenvalue weighted by Crippen LogP contribution is 2.33. The molecule has 0 heterocycles. The van der Waals surface area contributed by atoms with E-state index in [-0.39, 0.29) is 5.91 Å². The molecule has 2 nitrogen and oxygen atoms in total. The fourth-order valence-corrected chi connectivity index (χ4v) is 2.80. The van der Waals surface area contributed by atoms with Crippen molar-refractivity contribution in [2.75, 3.05) is 0 Å². The molecule has 0 saturated carbocycles. The Balaban J connectivity index is 2.28. The van der Waals surface area contributed by atoms with Gasteiger partial charge < -0.3 is 5.73 Å². The molecule has 2 N–H and O–H groups in total. The third-order valence-corrected chi connectivity index (χ3v) is 3.62. The van der Waals surface area contributed by atoms with E-state index in [0.29, 0.717) is 5.56 Å². The molecule has 1 aliphatic carbocycles. The van der Waals surface area contributed by atoms with Crippen LogP contribution in [0.3, 0.4) is 0 Å². The van der Waals surface area contributed by atoms with Crippen molar-refractivity contribution in [1.29, 1.82) is 0 Å². The summed E-state index contributed by atoms with van der Waals surface area (Å²) in [5, 5.41) is 0. The first-order chi connectivity index (χ1) is 8.77. The number of aryl methyl sites for hydroxylation is 1. The Morgan fingerprint density at radius 2 is 1.72 bits per heavy atom. The van der Waals surface area contributed by atoms with Crippen molar-refractivity contribution >= 4 is 5.91 Å². The smallest absolute Gasteiger partial charge is 0.248 e. The fraction of sp³-hybridized carbons (Fsp3) is 0.188. The minimum Gasteiger partial charge on any atom is -0.366 e. The molecule has 0 aromatic heterocycles. The summed E-state index contributed by atoms with van der Waals surface area (Å²) in [5.41, 5.74) is 11.0. The molecular weight excluding hydrogens is 222 g/mol. The third-order valence-electron chi connectivity index (χ3n) is 3.62. The number of amides is 1. The van der Waals surface area contributed by atoms with Gasteiger partial charge in [0, 0.05) is 5.56 Å². The lowest BCUT2D eigenvalue weighted by Gasteiger charge is -2.11. The summed E-state index contributed by atoms with van der Waals surface area (Å²) in [6.45, 7) is 0. The summed E-state index contributed by atoms with van der Waals surface area (Å²) in [4.78, 5) is 11.5. The number of primary amides is 1. The van der Waals surface area contributed by atoms with E-state index in [2.05, 4.69) is 24.3 Å². The van der Waals surface area contributed by atoms with Crippen LogP contribution < -0.4 is 5.73 Å². The summed E-state index contributed by atoms with van der Waals surface area (Å²) in [6.07, 6.45) is 3.04. The van der Waals surface area contributed by atoms with Crippen molar-refractivity contribution in [3.8, 4) is 11.1 Å². The number of carbonyl (C=O) groups is 1. The van der Waals surface area contributed by atoms with Gasteiger partial charge in [0.15, 0.2) is 0 Å². The zero-order valence-electron chi connectivity index (χ0n) is 10.1. The Labute approximate surface area is 106 Å². The minimum absolute atomic E-state index is 0.328. The van der Waals surface area contributed by atoms with E-state index < -0.39 is 0 Å². The van der Waals surface area contributed by atoms with Crippen molar-refractivity contribution in [3.63, 3.8) is 0 Å². The van der Waals surface area contributed by atoms with Gasteiger partial charge in [-0.2, -0.15) is 0 Å². The van der Waals surface area contributed by atoms with Crippen molar-refractivity contribution in [2.24, 2.45) is 5.73 Å². The van der Waals surface area contributed by atoms with Crippen LogP contribution in [0.15, 0.2) is 42.5 Å². The Bertz CT molecular complexity index is 616. The van der Waals surface area contributed by atoms with E-state index in [9.17, 15) is 4.79 Å². The number of fused-ring (bicyclic) bond motifs is 3. The van der Waals surface area contributed by atoms with Crippen molar-refractivity contribution < 1.29 is 4.79 Å². The van der Waals surface area contributed by atoms with E-state index in [4.69, 9.17) is 5.73 Å². The number of benzene rings is 2. The summed E-state index contributed by atoms with van der Waals surface area (Å²) in [7, 11) is 0. The summed E-state index contributed by atoms with van der Waals surface area (Å²) in [5.74, 6) is -0.328. The highest BCUT2D eigenvalue weighted by molar-refractivity contribution is 5.96. The maximum Gasteiger partial charge on any atom is 0.248 e. The van der Waals surface area contributed by atoms with Gasteiger partial charge in [-0.05, 0) is 47.6 Å². The summed E-state index contributed by atoms with van der Waals surface area (Å²) >= 11 is 0. The first kappa shape index (κ1) is 11.0. The van der Waals surface area contributed by atoms with Gasteiger partial charge in [-0.3, -0.25) is 4.79 Å². The minimum atomic E-state index is -0.328. The zero-order chi connectivity index (χ0) is 12.5. The van der Waals surface area contributed by atoms with Gasteiger partial charge in [-0.25, -0.2) is 0 Å². The van der Waals surface area contributed by atoms with Crippen LogP contribution in [-0.4, -0.2) is 5.91 Å². The molecule has 0 bridgehead atoms. The second-order valence-corrected chi connectivity index (χ2v) is 4.71. The third kappa shape index (κ3) is 1.70. The first-order valence-corrected chi connectivity index (χ1v) is 6.27. The zero-order valence-corrected chi connectivity index (χ0v) is 10.1. The largest absolute Gasteiger partial charge is 0.366 e. The van der Waals surface area contributed by atoms with Crippen molar-refractivity contribution in [3.05, 3.63) is 59.2 Å². The lowest BCUT2D eigenvalue weighted by molar-refractivity contribution is 0.0999. The number of hydrogen-bond acceptors (Lipinski definition) is 1. The molecule has 0 unspecified atom stereocenters. The van der Waals surface area contributed by atoms with Crippen LogP contribution in [0.4, 0.5) is 0 Å². The number of hydrogen-bond donors (Lipinski definition) is 1. The predicted octanol–water partition coefficient (Wildman–Crippen LogP) is 2.94. The Kier molecular flexibility index (Phi) is 2.63. The SMILES string of the molecule is NC(=O)c1cccc2c1CCCc1ccccc1-2. The molecule has 1 amide bonds. The topological polar surface area (TPSA) is 43.1 Å². The molecule has 90 valence electrons. The van der Waals surface area contributed by atoms with Crippen LogP contribution in [0.5, 0.6) is 0 Å². The van der Waals surface area contributed by atoms with E-state index in [1.165, 1.54) is 16.7 Å². The molecule has 18 heavy (non-hydrogen) atoms. The fourth-order valence-electron chi connectivity index (χ4n) is 2.80. The normalized spacial score (nSPS) is 13.3. The van der Waals surface area contributed by atoms with Crippen molar-refractivity contribution in [1.82, 2.24) is 0 Å². The molecular formula is C16H15NO. The lowest BCUT2D eigenvalue weighted by atomic mass is 9.93. The first-order valence-electron chi connectivity index (χ1n) is 6.27. The Hall–Kier alpha value is -2.09. The van der Waals surface area contributed by atoms with Crippen LogP contribution in [0.25, 0.3) is 11.1 Å². The lowest BCUT2D eigenvalue weighted by Crippen LogP contribution is -2.14. The standard InChI is InChI=1S/C16H15NO/c17-16(18)15-10-4-9-13-12-7-2-1-5-11(12)6-3-8-14(13)15/h1-2,4-5,7,9-10H,3,6,8H2,(H2,17,18). The average molecular weight is 237 g/mol. The molecule has 0 saturated heterocycles. The van der Waals surface area contributed by atoms with Crippen molar-refractivity contribution in [2.45, 2.75) is 19.3 Å². The second-order valence-electron chi connectivity index (χ2n) is 4.71. The molecule has 2 heteroatoms. The molecule has 0 radical (unpaired) electrons. The molecule has 2 aromatic rings. The van der Waals surface area contributed by atoms with E-state index in [1.54, 1.807) is 0 Å². The highest BCUT2D eigenvalue weighted by Gasteiger charge is 2.18. The molecule has 0 fully saturated rings. The Morgan fingerprint density at radius 1 is 0.944 bits per heavy atom. The second kappa shape index (κ2) is 4.30. The van der Waals surface area contributed by atoms with Gasteiger partial charge >= 0.3 is 0 Å². The average Bonchev–Trinajstić information content (AvgIpc) is 2.57. The van der Waals surface area contributed by atoms with E-state index >= 15 is 0 Å². The number of nitrogens with two attached hydrogens (primary N) is 1. The monoisotopic (exact) mass is 237 g/mol.